The smallest absolute Gasteiger partial charge is 0.462 e. The van der Waals surface area contributed by atoms with Crippen molar-refractivity contribution in [2.75, 3.05) is 26.4 Å². The minimum Gasteiger partial charge on any atom is -0.462 e. The molecule has 11 nitrogen and oxygen atoms in total. The molecule has 0 spiro atoms. The van der Waals surface area contributed by atoms with Crippen LogP contribution in [-0.4, -0.2) is 66.5 Å². The molecule has 0 saturated carbocycles. The molecule has 3 unspecified atom stereocenters. The number of allylic oxidation sites excluding steroid dienone is 10. The molecule has 0 radical (unpaired) electrons. The predicted molar refractivity (Wildman–Crippen MR) is 288 cm³/mol. The van der Waals surface area contributed by atoms with Gasteiger partial charge in [-0.05, 0) is 83.5 Å². The van der Waals surface area contributed by atoms with E-state index in [1.165, 1.54) is 89.9 Å². The quantitative estimate of drug-likeness (QED) is 0.0197. The monoisotopic (exact) mass is 1010 g/mol. The average Bonchev–Trinajstić information content (AvgIpc) is 3.35. The largest absolute Gasteiger partial charge is 0.472 e. The van der Waals surface area contributed by atoms with Crippen molar-refractivity contribution in [3.8, 4) is 0 Å². The zero-order valence-corrected chi connectivity index (χ0v) is 45.6. The molecule has 0 aliphatic rings. The summed E-state index contributed by atoms with van der Waals surface area (Å²) >= 11 is 0. The maximum absolute atomic E-state index is 12.9. The van der Waals surface area contributed by atoms with Crippen LogP contribution in [0, 0.1) is 0 Å². The van der Waals surface area contributed by atoms with Crippen LogP contribution in [0.15, 0.2) is 60.8 Å². The first kappa shape index (κ1) is 67.2. The minimum atomic E-state index is -4.75. The number of hydrogen-bond acceptors (Lipinski definition) is 10. The maximum atomic E-state index is 12.9. The molecule has 0 aromatic heterocycles. The highest BCUT2D eigenvalue weighted by Crippen LogP contribution is 2.43. The summed E-state index contributed by atoms with van der Waals surface area (Å²) in [6.45, 7) is 4.47. The van der Waals surface area contributed by atoms with Crippen molar-refractivity contribution in [3.63, 3.8) is 0 Å². The van der Waals surface area contributed by atoms with Gasteiger partial charge in [0.25, 0.3) is 0 Å². The molecule has 0 saturated heterocycles. The number of unbranched alkanes of at least 4 members (excludes halogenated alkanes) is 25. The SMILES string of the molecule is CC/C=C\C/C=C\C/C=C\CCCCCC(=O)OC(CO)COP(=O)(O)OCC(COC(=O)CCCCCCCCCCCCCCCCC)OC(=O)CCCCCCC/C=C\C/C=C\CCCCC. The normalized spacial score (nSPS) is 13.8. The Kier molecular flexibility index (Phi) is 50.4. The van der Waals surface area contributed by atoms with Crippen molar-refractivity contribution >= 4 is 25.7 Å². The molecule has 2 N–H and O–H groups in total. The van der Waals surface area contributed by atoms with Crippen LogP contribution in [0.1, 0.15) is 252 Å². The predicted octanol–water partition coefficient (Wildman–Crippen LogP) is 16.4. The Balaban J connectivity index is 4.76. The Morgan fingerprint density at radius 2 is 0.743 bits per heavy atom. The van der Waals surface area contributed by atoms with E-state index >= 15 is 0 Å². The maximum Gasteiger partial charge on any atom is 0.472 e. The van der Waals surface area contributed by atoms with Gasteiger partial charge < -0.3 is 24.2 Å². The van der Waals surface area contributed by atoms with Gasteiger partial charge in [0, 0.05) is 19.3 Å². The van der Waals surface area contributed by atoms with Crippen LogP contribution in [0.3, 0.4) is 0 Å². The molecule has 0 aromatic carbocycles. The van der Waals surface area contributed by atoms with Gasteiger partial charge in [-0.15, -0.1) is 0 Å². The van der Waals surface area contributed by atoms with Crippen LogP contribution in [0.2, 0.25) is 0 Å². The molecule has 70 heavy (non-hydrogen) atoms. The van der Waals surface area contributed by atoms with Gasteiger partial charge in [0.05, 0.1) is 19.8 Å². The molecular formula is C58H103O11P. The molecule has 12 heteroatoms. The fraction of sp³-hybridized carbons (Fsp3) is 0.776. The molecule has 0 aromatic rings. The standard InChI is InChI=1S/C58H103O11P/c1-4-7-10-13-16-19-22-25-27-30-32-35-38-41-44-47-56(60)65-51-55(69-58(62)49-46-43-40-37-34-31-28-26-23-20-17-14-11-8-5-2)53-67-70(63,64)66-52-54(50-59)68-57(61)48-45-42-39-36-33-29-24-21-18-15-12-9-6-3/h9,12,17-18,20-21,26,28-29,33,54-55,59H,4-8,10-11,13-16,19,22-25,27,30-32,34-53H2,1-3H3,(H,63,64)/b12-9-,20-17-,21-18-,28-26-,33-29-. The second-order valence-corrected chi connectivity index (χ2v) is 20.2. The first-order chi connectivity index (χ1) is 34.2. The van der Waals surface area contributed by atoms with Crippen LogP contribution in [0.5, 0.6) is 0 Å². The third kappa shape index (κ3) is 50.1. The van der Waals surface area contributed by atoms with Crippen molar-refractivity contribution in [2.45, 2.75) is 264 Å². The second kappa shape index (κ2) is 52.5. The third-order valence-corrected chi connectivity index (χ3v) is 12.9. The van der Waals surface area contributed by atoms with Crippen LogP contribution in [-0.2, 0) is 42.2 Å². The number of aliphatic hydroxyl groups is 1. The summed E-state index contributed by atoms with van der Waals surface area (Å²) in [5, 5.41) is 9.79. The van der Waals surface area contributed by atoms with Crippen LogP contribution in [0.4, 0.5) is 0 Å². The van der Waals surface area contributed by atoms with Gasteiger partial charge in [-0.3, -0.25) is 23.4 Å². The lowest BCUT2D eigenvalue weighted by Crippen LogP contribution is -2.30. The van der Waals surface area contributed by atoms with Gasteiger partial charge in [0.15, 0.2) is 6.10 Å². The Morgan fingerprint density at radius 1 is 0.414 bits per heavy atom. The van der Waals surface area contributed by atoms with Gasteiger partial charge in [-0.25, -0.2) is 4.57 Å². The van der Waals surface area contributed by atoms with Gasteiger partial charge in [-0.1, -0.05) is 210 Å². The van der Waals surface area contributed by atoms with Crippen LogP contribution < -0.4 is 0 Å². The van der Waals surface area contributed by atoms with Crippen LogP contribution >= 0.6 is 7.82 Å². The Labute approximate surface area is 427 Å². The molecular weight excluding hydrogens is 904 g/mol. The van der Waals surface area contributed by atoms with Crippen molar-refractivity contribution in [2.24, 2.45) is 0 Å². The topological polar surface area (TPSA) is 155 Å². The fourth-order valence-electron chi connectivity index (χ4n) is 7.64. The summed E-state index contributed by atoms with van der Waals surface area (Å²) in [6, 6.07) is 0. The highest BCUT2D eigenvalue weighted by molar-refractivity contribution is 7.47. The van der Waals surface area contributed by atoms with E-state index < -0.39 is 57.8 Å². The van der Waals surface area contributed by atoms with E-state index in [1.54, 1.807) is 0 Å². The van der Waals surface area contributed by atoms with Gasteiger partial charge in [0.1, 0.15) is 12.7 Å². The van der Waals surface area contributed by atoms with Crippen molar-refractivity contribution in [1.29, 1.82) is 0 Å². The number of hydrogen-bond donors (Lipinski definition) is 2. The summed E-state index contributed by atoms with van der Waals surface area (Å²) in [4.78, 5) is 48.4. The van der Waals surface area contributed by atoms with E-state index in [4.69, 9.17) is 23.3 Å². The third-order valence-electron chi connectivity index (χ3n) is 11.9. The average molecular weight is 1010 g/mol. The van der Waals surface area contributed by atoms with E-state index in [-0.39, 0.29) is 25.9 Å². The number of carbonyl (C=O) groups excluding carboxylic acids is 3. The number of ether oxygens (including phenoxy) is 3. The lowest BCUT2D eigenvalue weighted by Gasteiger charge is -2.21. The first-order valence-electron chi connectivity index (χ1n) is 28.2. The molecule has 0 fully saturated rings. The van der Waals surface area contributed by atoms with Crippen molar-refractivity contribution in [3.05, 3.63) is 60.8 Å². The van der Waals surface area contributed by atoms with E-state index in [0.29, 0.717) is 19.3 Å². The zero-order chi connectivity index (χ0) is 51.3. The number of esters is 3. The zero-order valence-electron chi connectivity index (χ0n) is 44.7. The molecule has 0 heterocycles. The highest BCUT2D eigenvalue weighted by atomic mass is 31.2. The summed E-state index contributed by atoms with van der Waals surface area (Å²) in [7, 11) is -4.75. The van der Waals surface area contributed by atoms with Crippen molar-refractivity contribution in [1.82, 2.24) is 0 Å². The summed E-state index contributed by atoms with van der Waals surface area (Å²) in [5.41, 5.74) is 0. The fourth-order valence-corrected chi connectivity index (χ4v) is 8.42. The van der Waals surface area contributed by atoms with E-state index in [1.807, 2.05) is 0 Å². The molecule has 0 aliphatic carbocycles. The van der Waals surface area contributed by atoms with E-state index in [9.17, 15) is 28.9 Å². The first-order valence-corrected chi connectivity index (χ1v) is 29.7. The number of phosphoric acid groups is 1. The molecule has 0 amide bonds. The van der Waals surface area contributed by atoms with Gasteiger partial charge in [-0.2, -0.15) is 0 Å². The molecule has 0 bridgehead atoms. The Bertz CT molecular complexity index is 1410. The van der Waals surface area contributed by atoms with E-state index in [2.05, 4.69) is 81.5 Å². The summed E-state index contributed by atoms with van der Waals surface area (Å²) in [5.74, 6) is -1.50. The van der Waals surface area contributed by atoms with Crippen molar-refractivity contribution < 1.29 is 52.2 Å². The molecule has 3 atom stereocenters. The second-order valence-electron chi connectivity index (χ2n) is 18.7. The number of carbonyl (C=O) groups is 3. The highest BCUT2D eigenvalue weighted by Gasteiger charge is 2.28. The molecule has 406 valence electrons. The Hall–Kier alpha value is -2.82. The van der Waals surface area contributed by atoms with Gasteiger partial charge >= 0.3 is 25.7 Å². The lowest BCUT2D eigenvalue weighted by molar-refractivity contribution is -0.161. The Morgan fingerprint density at radius 3 is 1.19 bits per heavy atom. The lowest BCUT2D eigenvalue weighted by atomic mass is 10.0. The summed E-state index contributed by atoms with van der Waals surface area (Å²) in [6.07, 6.45) is 56.1. The molecule has 0 aliphatic heterocycles. The summed E-state index contributed by atoms with van der Waals surface area (Å²) < 4.78 is 39.4. The van der Waals surface area contributed by atoms with Gasteiger partial charge in [0.2, 0.25) is 0 Å². The number of phosphoric ester groups is 1. The molecule has 0 rings (SSSR count). The number of rotatable bonds is 52. The minimum absolute atomic E-state index is 0.141. The van der Waals surface area contributed by atoms with E-state index in [0.717, 1.165) is 103 Å². The van der Waals surface area contributed by atoms with Crippen LogP contribution in [0.25, 0.3) is 0 Å². The number of aliphatic hydroxyl groups excluding tert-OH is 1.